The maximum Gasteiger partial charge on any atom is 0.260 e. The molecule has 7 heteroatoms. The van der Waals surface area contributed by atoms with Gasteiger partial charge in [-0.25, -0.2) is 0 Å². The van der Waals surface area contributed by atoms with Gasteiger partial charge in [-0.1, -0.05) is 13.0 Å². The van der Waals surface area contributed by atoms with Crippen LogP contribution in [0.5, 0.6) is 11.5 Å². The molecule has 2 atom stereocenters. The zero-order valence-electron chi connectivity index (χ0n) is 15.2. The Labute approximate surface area is 152 Å². The second kappa shape index (κ2) is 6.44. The maximum absolute atomic E-state index is 13.2. The third-order valence-corrected chi connectivity index (χ3v) is 6.23. The Morgan fingerprint density at radius 2 is 2.04 bits per heavy atom. The van der Waals surface area contributed by atoms with E-state index in [1.807, 2.05) is 32.9 Å². The third kappa shape index (κ3) is 2.65. The van der Waals surface area contributed by atoms with Crippen LogP contribution in [0.15, 0.2) is 12.1 Å². The summed E-state index contributed by atoms with van der Waals surface area (Å²) in [5.41, 5.74) is 1.38. The Hall–Kier alpha value is -1.89. The van der Waals surface area contributed by atoms with Crippen LogP contribution in [-0.2, 0) is 4.79 Å². The number of methoxy groups -OCH3 is 2. The van der Waals surface area contributed by atoms with Gasteiger partial charge in [-0.05, 0) is 26.3 Å². The number of hydrogen-bond donors (Lipinski definition) is 1. The molecule has 2 heterocycles. The van der Waals surface area contributed by atoms with Gasteiger partial charge < -0.3 is 19.7 Å². The van der Waals surface area contributed by atoms with Crippen molar-refractivity contribution in [2.24, 2.45) is 0 Å². The summed E-state index contributed by atoms with van der Waals surface area (Å²) in [7, 11) is 3.07. The van der Waals surface area contributed by atoms with Crippen molar-refractivity contribution < 1.29 is 19.1 Å². The molecule has 3 rings (SSSR count). The van der Waals surface area contributed by atoms with Crippen molar-refractivity contribution in [2.75, 3.05) is 20.8 Å². The quantitative estimate of drug-likeness (QED) is 0.870. The number of ether oxygens (including phenoxy) is 2. The van der Waals surface area contributed by atoms with Crippen LogP contribution in [0.4, 0.5) is 0 Å². The molecule has 6 nitrogen and oxygen atoms in total. The molecule has 1 aromatic carbocycles. The van der Waals surface area contributed by atoms with Crippen molar-refractivity contribution in [3.63, 3.8) is 0 Å². The van der Waals surface area contributed by atoms with Crippen LogP contribution in [0.1, 0.15) is 48.5 Å². The van der Waals surface area contributed by atoms with Crippen molar-refractivity contribution >= 4 is 23.6 Å². The van der Waals surface area contributed by atoms with Gasteiger partial charge in [-0.15, -0.1) is 11.8 Å². The molecule has 1 N–H and O–H groups in total. The molecule has 0 aliphatic carbocycles. The highest BCUT2D eigenvalue weighted by molar-refractivity contribution is 8.01. The number of hydrogen-bond acceptors (Lipinski definition) is 5. The first kappa shape index (κ1) is 17.9. The predicted octanol–water partition coefficient (Wildman–Crippen LogP) is 2.58. The minimum absolute atomic E-state index is 0.103. The van der Waals surface area contributed by atoms with Gasteiger partial charge >= 0.3 is 0 Å². The topological polar surface area (TPSA) is 67.9 Å². The van der Waals surface area contributed by atoms with E-state index in [2.05, 4.69) is 5.32 Å². The fourth-order valence-corrected chi connectivity index (χ4v) is 5.18. The Bertz CT molecular complexity index is 719. The van der Waals surface area contributed by atoms with Gasteiger partial charge in [0, 0.05) is 16.9 Å². The minimum Gasteiger partial charge on any atom is -0.493 e. The molecular weight excluding hydrogens is 340 g/mol. The lowest BCUT2D eigenvalue weighted by molar-refractivity contribution is -0.126. The summed E-state index contributed by atoms with van der Waals surface area (Å²) < 4.78 is 10.4. The fraction of sp³-hybridized carbons (Fsp3) is 0.556. The Balaban J connectivity index is 2.05. The molecule has 0 radical (unpaired) electrons. The van der Waals surface area contributed by atoms with Gasteiger partial charge in [-0.2, -0.15) is 0 Å². The molecule has 0 spiro atoms. The summed E-state index contributed by atoms with van der Waals surface area (Å²) in [6, 6.07) is 3.19. The Kier molecular flexibility index (Phi) is 4.62. The molecule has 2 amide bonds. The normalized spacial score (nSPS) is 23.2. The Morgan fingerprint density at radius 1 is 1.32 bits per heavy atom. The van der Waals surface area contributed by atoms with E-state index < -0.39 is 6.04 Å². The van der Waals surface area contributed by atoms with E-state index in [-0.39, 0.29) is 21.9 Å². The van der Waals surface area contributed by atoms with E-state index in [1.165, 1.54) is 7.11 Å². The lowest BCUT2D eigenvalue weighted by Crippen LogP contribution is -2.52. The van der Waals surface area contributed by atoms with Crippen molar-refractivity contribution in [2.45, 2.75) is 43.4 Å². The van der Waals surface area contributed by atoms with Crippen molar-refractivity contribution in [3.8, 4) is 11.5 Å². The highest BCUT2D eigenvalue weighted by Gasteiger charge is 2.58. The summed E-state index contributed by atoms with van der Waals surface area (Å²) in [5, 5.41) is 2.75. The summed E-state index contributed by atoms with van der Waals surface area (Å²) in [6.07, 6.45) is 0.856. The first-order valence-electron chi connectivity index (χ1n) is 8.40. The lowest BCUT2D eigenvalue weighted by atomic mass is 10.0. The van der Waals surface area contributed by atoms with Gasteiger partial charge in [-0.3, -0.25) is 9.59 Å². The third-order valence-electron chi connectivity index (χ3n) is 4.69. The number of amides is 2. The Morgan fingerprint density at radius 3 is 2.64 bits per heavy atom. The molecule has 0 aromatic heterocycles. The number of nitrogens with zero attached hydrogens (tertiary/aromatic N) is 1. The molecule has 1 fully saturated rings. The van der Waals surface area contributed by atoms with E-state index in [0.29, 0.717) is 23.6 Å². The molecule has 136 valence electrons. The van der Waals surface area contributed by atoms with Crippen molar-refractivity contribution in [1.29, 1.82) is 0 Å². The zero-order chi connectivity index (χ0) is 18.4. The summed E-state index contributed by atoms with van der Waals surface area (Å²) in [4.78, 5) is 27.7. The van der Waals surface area contributed by atoms with E-state index in [0.717, 1.165) is 12.0 Å². The number of rotatable bonds is 5. The SMILES string of the molecule is CCCNC(=O)[C@H]1N2C(=O)c3c(ccc(OC)c3OC)C2SC1(C)C. The number of benzene rings is 1. The largest absolute Gasteiger partial charge is 0.493 e. The molecule has 25 heavy (non-hydrogen) atoms. The predicted molar refractivity (Wildman–Crippen MR) is 97.2 cm³/mol. The van der Waals surface area contributed by atoms with Crippen LogP contribution in [0, 0.1) is 0 Å². The number of carbonyl (C=O) groups is 2. The zero-order valence-corrected chi connectivity index (χ0v) is 16.0. The highest BCUT2D eigenvalue weighted by atomic mass is 32.2. The van der Waals surface area contributed by atoms with Gasteiger partial charge in [0.15, 0.2) is 11.5 Å². The minimum atomic E-state index is -0.523. The first-order chi connectivity index (χ1) is 11.9. The highest BCUT2D eigenvalue weighted by Crippen LogP contribution is 2.58. The number of fused-ring (bicyclic) bond motifs is 3. The van der Waals surface area contributed by atoms with E-state index in [1.54, 1.807) is 23.8 Å². The maximum atomic E-state index is 13.2. The van der Waals surface area contributed by atoms with E-state index >= 15 is 0 Å². The van der Waals surface area contributed by atoms with Crippen molar-refractivity contribution in [1.82, 2.24) is 10.2 Å². The molecule has 2 aliphatic rings. The smallest absolute Gasteiger partial charge is 0.260 e. The molecule has 1 saturated heterocycles. The van der Waals surface area contributed by atoms with Gasteiger partial charge in [0.05, 0.1) is 19.8 Å². The van der Waals surface area contributed by atoms with Gasteiger partial charge in [0.25, 0.3) is 5.91 Å². The number of thioether (sulfide) groups is 1. The van der Waals surface area contributed by atoms with Crippen LogP contribution in [0.3, 0.4) is 0 Å². The van der Waals surface area contributed by atoms with Crippen LogP contribution in [0.2, 0.25) is 0 Å². The molecule has 1 unspecified atom stereocenters. The molecule has 0 saturated carbocycles. The first-order valence-corrected chi connectivity index (χ1v) is 9.28. The fourth-order valence-electron chi connectivity index (χ4n) is 3.60. The monoisotopic (exact) mass is 364 g/mol. The van der Waals surface area contributed by atoms with Gasteiger partial charge in [0.1, 0.15) is 11.4 Å². The van der Waals surface area contributed by atoms with Gasteiger partial charge in [0.2, 0.25) is 5.91 Å². The average molecular weight is 364 g/mol. The summed E-state index contributed by atoms with van der Waals surface area (Å²) >= 11 is 1.64. The number of nitrogens with one attached hydrogen (secondary N) is 1. The second-order valence-electron chi connectivity index (χ2n) is 6.74. The lowest BCUT2D eigenvalue weighted by Gasteiger charge is -2.29. The van der Waals surface area contributed by atoms with E-state index in [4.69, 9.17) is 9.47 Å². The summed E-state index contributed by atoms with van der Waals surface area (Å²) in [5.74, 6) is 0.678. The summed E-state index contributed by atoms with van der Waals surface area (Å²) in [6.45, 7) is 6.64. The molecule has 0 bridgehead atoms. The van der Waals surface area contributed by atoms with Crippen molar-refractivity contribution in [3.05, 3.63) is 23.3 Å². The van der Waals surface area contributed by atoms with Crippen LogP contribution in [0.25, 0.3) is 0 Å². The molecule has 1 aromatic rings. The second-order valence-corrected chi connectivity index (χ2v) is 8.48. The molecular formula is C18H24N2O4S. The standard InChI is InChI=1S/C18H24N2O4S/c1-6-9-19-15(21)14-18(2,3)25-17-10-7-8-11(23-4)13(24-5)12(10)16(22)20(14)17/h7-8,14,17H,6,9H2,1-5H3,(H,19,21)/t14-,17?/m1/s1. The average Bonchev–Trinajstić information content (AvgIpc) is 3.01. The number of carbonyl (C=O) groups excluding carboxylic acids is 2. The molecule has 2 aliphatic heterocycles. The van der Waals surface area contributed by atoms with Crippen LogP contribution >= 0.6 is 11.8 Å². The van der Waals surface area contributed by atoms with E-state index in [9.17, 15) is 9.59 Å². The van der Waals surface area contributed by atoms with Crippen LogP contribution in [-0.4, -0.2) is 48.3 Å². The van der Waals surface area contributed by atoms with Crippen LogP contribution < -0.4 is 14.8 Å².